The highest BCUT2D eigenvalue weighted by Crippen LogP contribution is 2.39. The number of rotatable bonds is 5. The van der Waals surface area contributed by atoms with Gasteiger partial charge in [-0.05, 0) is 61.9 Å². The predicted molar refractivity (Wildman–Crippen MR) is 121 cm³/mol. The maximum absolute atomic E-state index is 11.6. The normalized spacial score (nSPS) is 13.2. The molecule has 0 fully saturated rings. The fourth-order valence-corrected chi connectivity index (χ4v) is 5.55. The molecule has 150 valence electrons. The van der Waals surface area contributed by atoms with Gasteiger partial charge in [0.15, 0.2) is 0 Å². The van der Waals surface area contributed by atoms with Crippen LogP contribution in [0.3, 0.4) is 0 Å². The molecule has 1 aromatic heterocycles. The number of nitriles is 1. The number of aryl methyl sites for hydroxylation is 2. The van der Waals surface area contributed by atoms with Gasteiger partial charge in [0.05, 0.1) is 15.4 Å². The summed E-state index contributed by atoms with van der Waals surface area (Å²) in [7, 11) is 0. The van der Waals surface area contributed by atoms with Crippen LogP contribution >= 0.6 is 23.1 Å². The molecule has 1 aliphatic carbocycles. The van der Waals surface area contributed by atoms with Crippen LogP contribution in [-0.2, 0) is 12.8 Å². The summed E-state index contributed by atoms with van der Waals surface area (Å²) in [5.74, 6) is 0. The van der Waals surface area contributed by atoms with Crippen molar-refractivity contribution in [3.05, 3.63) is 79.7 Å². The Balaban J connectivity index is 1.62. The number of hydrogen-bond donors (Lipinski definition) is 0. The summed E-state index contributed by atoms with van der Waals surface area (Å²) in [6, 6.07) is 15.3. The maximum Gasteiger partial charge on any atom is 0.283 e. The number of nitrogens with zero attached hydrogens (tertiary/aromatic N) is 3. The van der Waals surface area contributed by atoms with Gasteiger partial charge in [-0.3, -0.25) is 10.1 Å². The van der Waals surface area contributed by atoms with Gasteiger partial charge < -0.3 is 0 Å². The third kappa shape index (κ3) is 4.30. The maximum atomic E-state index is 11.6. The Morgan fingerprint density at radius 3 is 2.70 bits per heavy atom. The molecule has 3 aromatic rings. The van der Waals surface area contributed by atoms with E-state index >= 15 is 0 Å². The van der Waals surface area contributed by atoms with Gasteiger partial charge in [-0.1, -0.05) is 35.5 Å². The van der Waals surface area contributed by atoms with Gasteiger partial charge >= 0.3 is 0 Å². The van der Waals surface area contributed by atoms with Crippen molar-refractivity contribution >= 4 is 40.0 Å². The van der Waals surface area contributed by atoms with Crippen LogP contribution in [0.15, 0.2) is 57.2 Å². The molecule has 2 aromatic carbocycles. The fourth-order valence-electron chi connectivity index (χ4n) is 3.47. The van der Waals surface area contributed by atoms with Crippen LogP contribution < -0.4 is 0 Å². The summed E-state index contributed by atoms with van der Waals surface area (Å²) in [6.45, 7) is 2.01. The number of hydrogen-bond acceptors (Lipinski definition) is 6. The number of nitro benzene ring substituents is 1. The molecule has 0 spiro atoms. The number of benzene rings is 2. The second-order valence-corrected chi connectivity index (χ2v) is 9.36. The van der Waals surface area contributed by atoms with Crippen LogP contribution in [0.4, 0.5) is 10.7 Å². The van der Waals surface area contributed by atoms with Crippen LogP contribution in [0.25, 0.3) is 0 Å². The van der Waals surface area contributed by atoms with Crippen molar-refractivity contribution in [2.45, 2.75) is 42.4 Å². The molecule has 4 rings (SSSR count). The smallest absolute Gasteiger partial charge is 0.258 e. The second kappa shape index (κ2) is 8.82. The van der Waals surface area contributed by atoms with E-state index in [-0.39, 0.29) is 10.6 Å². The zero-order valence-corrected chi connectivity index (χ0v) is 18.1. The van der Waals surface area contributed by atoms with Gasteiger partial charge in [0.25, 0.3) is 5.69 Å². The average Bonchev–Trinajstić information content (AvgIpc) is 3.12. The Morgan fingerprint density at radius 1 is 1.20 bits per heavy atom. The molecule has 0 saturated carbocycles. The minimum atomic E-state index is -0.363. The van der Waals surface area contributed by atoms with Crippen molar-refractivity contribution in [1.29, 1.82) is 5.26 Å². The van der Waals surface area contributed by atoms with Gasteiger partial charge in [-0.25, -0.2) is 4.99 Å². The first-order valence-corrected chi connectivity index (χ1v) is 11.3. The first kappa shape index (κ1) is 20.3. The lowest BCUT2D eigenvalue weighted by Gasteiger charge is -2.09. The van der Waals surface area contributed by atoms with E-state index in [2.05, 4.69) is 11.1 Å². The summed E-state index contributed by atoms with van der Waals surface area (Å²) in [5, 5.41) is 21.9. The minimum absolute atomic E-state index is 0.0514. The molecule has 0 unspecified atom stereocenters. The molecule has 1 heterocycles. The van der Waals surface area contributed by atoms with Crippen LogP contribution in [0.5, 0.6) is 0 Å². The van der Waals surface area contributed by atoms with E-state index in [4.69, 9.17) is 0 Å². The Bertz CT molecular complexity index is 1170. The third-order valence-electron chi connectivity index (χ3n) is 5.02. The monoisotopic (exact) mass is 433 g/mol. The highest BCUT2D eigenvalue weighted by molar-refractivity contribution is 7.99. The standard InChI is InChI=1S/C23H19N3O2S2/c1-15-6-9-17(10-7-15)29-22-11-8-16(12-20(22)26(27)28)14-25-23-19(13-24)18-4-2-3-5-21(18)30-23/h6-12,14H,2-5H2,1H3/b25-14+. The fraction of sp³-hybridized carbons (Fsp3) is 0.217. The number of aliphatic imine (C=N–C) groups is 1. The molecule has 1 aliphatic rings. The number of nitro groups is 1. The first-order chi connectivity index (χ1) is 14.5. The highest BCUT2D eigenvalue weighted by Gasteiger charge is 2.20. The molecule has 0 atom stereocenters. The summed E-state index contributed by atoms with van der Waals surface area (Å²) in [5.41, 5.74) is 3.64. The number of thiophene rings is 1. The van der Waals surface area contributed by atoms with Crippen LogP contribution in [0, 0.1) is 28.4 Å². The Morgan fingerprint density at radius 2 is 1.97 bits per heavy atom. The van der Waals surface area contributed by atoms with Gasteiger partial charge in [-0.2, -0.15) is 5.26 Å². The molecule has 0 bridgehead atoms. The predicted octanol–water partition coefficient (Wildman–Crippen LogP) is 6.62. The summed E-state index contributed by atoms with van der Waals surface area (Å²) >= 11 is 2.94. The average molecular weight is 434 g/mol. The topological polar surface area (TPSA) is 79.3 Å². The van der Waals surface area contributed by atoms with Gasteiger partial charge in [-0.15, -0.1) is 11.3 Å². The summed E-state index contributed by atoms with van der Waals surface area (Å²) < 4.78 is 0. The quantitative estimate of drug-likeness (QED) is 0.257. The van der Waals surface area contributed by atoms with Crippen LogP contribution in [0.2, 0.25) is 0 Å². The van der Waals surface area contributed by atoms with Gasteiger partial charge in [0.1, 0.15) is 11.1 Å². The first-order valence-electron chi connectivity index (χ1n) is 9.67. The molecule has 0 radical (unpaired) electrons. The lowest BCUT2D eigenvalue weighted by atomic mass is 9.96. The second-order valence-electron chi connectivity index (χ2n) is 7.16. The largest absolute Gasteiger partial charge is 0.283 e. The zero-order chi connectivity index (χ0) is 21.1. The third-order valence-corrected chi connectivity index (χ3v) is 7.30. The van der Waals surface area contributed by atoms with Gasteiger partial charge in [0.2, 0.25) is 0 Å². The minimum Gasteiger partial charge on any atom is -0.258 e. The number of fused-ring (bicyclic) bond motifs is 1. The molecule has 30 heavy (non-hydrogen) atoms. The van der Waals surface area contributed by atoms with Crippen LogP contribution in [0.1, 0.15) is 40.0 Å². The van der Waals surface area contributed by atoms with E-state index in [0.29, 0.717) is 21.0 Å². The van der Waals surface area contributed by atoms with Gasteiger partial charge in [0, 0.05) is 22.1 Å². The molecule has 5 nitrogen and oxygen atoms in total. The SMILES string of the molecule is Cc1ccc(Sc2ccc(/C=N/c3sc4c(c3C#N)CCCC4)cc2[N+](=O)[O-])cc1. The highest BCUT2D eigenvalue weighted by atomic mass is 32.2. The summed E-state index contributed by atoms with van der Waals surface area (Å²) in [4.78, 5) is 18.6. The van der Waals surface area contributed by atoms with E-state index in [1.165, 1.54) is 16.6 Å². The van der Waals surface area contributed by atoms with Crippen molar-refractivity contribution in [3.8, 4) is 6.07 Å². The van der Waals surface area contributed by atoms with Crippen molar-refractivity contribution in [2.75, 3.05) is 0 Å². The summed E-state index contributed by atoms with van der Waals surface area (Å²) in [6.07, 6.45) is 5.80. The lowest BCUT2D eigenvalue weighted by Crippen LogP contribution is -1.99. The molecule has 0 saturated heterocycles. The molecular formula is C23H19N3O2S2. The molecule has 0 N–H and O–H groups in total. The molecule has 0 aliphatic heterocycles. The molecule has 7 heteroatoms. The lowest BCUT2D eigenvalue weighted by molar-refractivity contribution is -0.387. The Labute approximate surface area is 183 Å². The molecular weight excluding hydrogens is 414 g/mol. The molecule has 0 amide bonds. The van der Waals surface area contributed by atoms with E-state index < -0.39 is 0 Å². The van der Waals surface area contributed by atoms with Crippen molar-refractivity contribution in [3.63, 3.8) is 0 Å². The Kier molecular flexibility index (Phi) is 5.98. The van der Waals surface area contributed by atoms with E-state index in [0.717, 1.165) is 41.7 Å². The van der Waals surface area contributed by atoms with Crippen molar-refractivity contribution in [2.24, 2.45) is 4.99 Å². The van der Waals surface area contributed by atoms with Crippen molar-refractivity contribution < 1.29 is 4.92 Å². The van der Waals surface area contributed by atoms with E-state index in [1.807, 2.05) is 37.3 Å². The van der Waals surface area contributed by atoms with E-state index in [1.54, 1.807) is 29.7 Å². The van der Waals surface area contributed by atoms with E-state index in [9.17, 15) is 15.4 Å². The zero-order valence-electron chi connectivity index (χ0n) is 16.4. The Hall–Kier alpha value is -2.95. The van der Waals surface area contributed by atoms with Crippen molar-refractivity contribution in [1.82, 2.24) is 0 Å². The van der Waals surface area contributed by atoms with Crippen LogP contribution in [-0.4, -0.2) is 11.1 Å².